The van der Waals surface area contributed by atoms with Crippen LogP contribution >= 0.6 is 0 Å². The van der Waals surface area contributed by atoms with Gasteiger partial charge in [-0.15, -0.1) is 0 Å². The average Bonchev–Trinajstić information content (AvgIpc) is 2.46. The number of nitrogens with one attached hydrogen (secondary N) is 1. The molecule has 1 unspecified atom stereocenters. The van der Waals surface area contributed by atoms with E-state index in [0.29, 0.717) is 5.88 Å². The summed E-state index contributed by atoms with van der Waals surface area (Å²) in [7, 11) is 0. The number of ether oxygens (including phenoxy) is 1. The van der Waals surface area contributed by atoms with Gasteiger partial charge in [0.25, 0.3) is 0 Å². The van der Waals surface area contributed by atoms with E-state index >= 15 is 0 Å². The molecule has 0 bridgehead atoms. The van der Waals surface area contributed by atoms with Gasteiger partial charge < -0.3 is 10.1 Å². The van der Waals surface area contributed by atoms with Crippen LogP contribution in [-0.2, 0) is 6.54 Å². The van der Waals surface area contributed by atoms with E-state index in [0.717, 1.165) is 24.3 Å². The molecular weight excluding hydrogens is 236 g/mol. The third kappa shape index (κ3) is 4.07. The lowest BCUT2D eigenvalue weighted by atomic mass is 10.1. The smallest absolute Gasteiger partial charge is 0.214 e. The van der Waals surface area contributed by atoms with Crippen LogP contribution < -0.4 is 10.1 Å². The van der Waals surface area contributed by atoms with E-state index in [2.05, 4.69) is 29.4 Å². The Balaban J connectivity index is 2.02. The molecular formula is C16H20N2O. The number of nitrogens with zero attached hydrogens (tertiary/aromatic N) is 1. The quantitative estimate of drug-likeness (QED) is 0.860. The van der Waals surface area contributed by atoms with Crippen molar-refractivity contribution in [3.8, 4) is 5.88 Å². The van der Waals surface area contributed by atoms with Gasteiger partial charge >= 0.3 is 0 Å². The molecule has 3 heteroatoms. The summed E-state index contributed by atoms with van der Waals surface area (Å²) in [5.74, 6) is 0.673. The Labute approximate surface area is 114 Å². The predicted octanol–water partition coefficient (Wildman–Crippen LogP) is 3.33. The van der Waals surface area contributed by atoms with Gasteiger partial charge in [0.1, 0.15) is 6.10 Å². The normalized spacial score (nSPS) is 12.1. The summed E-state index contributed by atoms with van der Waals surface area (Å²) in [6.45, 7) is 5.83. The van der Waals surface area contributed by atoms with Gasteiger partial charge in [0.15, 0.2) is 0 Å². The van der Waals surface area contributed by atoms with Crippen molar-refractivity contribution < 1.29 is 4.74 Å². The highest BCUT2D eigenvalue weighted by molar-refractivity contribution is 5.20. The van der Waals surface area contributed by atoms with E-state index in [9.17, 15) is 0 Å². The number of hydrogen-bond donors (Lipinski definition) is 1. The molecule has 2 aromatic rings. The van der Waals surface area contributed by atoms with Crippen molar-refractivity contribution >= 4 is 0 Å². The zero-order chi connectivity index (χ0) is 13.5. The third-order valence-electron chi connectivity index (χ3n) is 2.90. The standard InChI is InChI=1S/C16H20N2O/c1-3-17-12-15-10-7-11-16(18-15)19-13(2)14-8-5-4-6-9-14/h4-11,13,17H,3,12H2,1-2H3. The summed E-state index contributed by atoms with van der Waals surface area (Å²) < 4.78 is 5.88. The van der Waals surface area contributed by atoms with Crippen molar-refractivity contribution in [1.82, 2.24) is 10.3 Å². The fourth-order valence-corrected chi connectivity index (χ4v) is 1.85. The van der Waals surface area contributed by atoms with Crippen molar-refractivity contribution in [2.24, 2.45) is 0 Å². The molecule has 0 aliphatic heterocycles. The second kappa shape index (κ2) is 6.90. The molecule has 0 amide bonds. The highest BCUT2D eigenvalue weighted by Gasteiger charge is 2.07. The highest BCUT2D eigenvalue weighted by Crippen LogP contribution is 2.19. The largest absolute Gasteiger partial charge is 0.470 e. The predicted molar refractivity (Wildman–Crippen MR) is 77.1 cm³/mol. The molecule has 0 saturated heterocycles. The molecule has 1 N–H and O–H groups in total. The molecule has 0 spiro atoms. The van der Waals surface area contributed by atoms with E-state index in [-0.39, 0.29) is 6.10 Å². The van der Waals surface area contributed by atoms with Gasteiger partial charge in [-0.2, -0.15) is 0 Å². The average molecular weight is 256 g/mol. The maximum atomic E-state index is 5.88. The molecule has 0 fully saturated rings. The summed E-state index contributed by atoms with van der Waals surface area (Å²) in [5, 5.41) is 3.26. The second-order valence-electron chi connectivity index (χ2n) is 4.42. The van der Waals surface area contributed by atoms with E-state index < -0.39 is 0 Å². The van der Waals surface area contributed by atoms with Gasteiger partial charge in [-0.1, -0.05) is 43.3 Å². The number of aromatic nitrogens is 1. The first-order valence-corrected chi connectivity index (χ1v) is 6.68. The maximum absolute atomic E-state index is 5.88. The van der Waals surface area contributed by atoms with Crippen LogP contribution in [0.1, 0.15) is 31.2 Å². The first-order valence-electron chi connectivity index (χ1n) is 6.68. The fraction of sp³-hybridized carbons (Fsp3) is 0.312. The van der Waals surface area contributed by atoms with Gasteiger partial charge in [-0.3, -0.25) is 0 Å². The summed E-state index contributed by atoms with van der Waals surface area (Å²) in [4.78, 5) is 4.49. The minimum absolute atomic E-state index is 0.00286. The van der Waals surface area contributed by atoms with Crippen LogP contribution in [0.5, 0.6) is 5.88 Å². The molecule has 2 rings (SSSR count). The van der Waals surface area contributed by atoms with E-state index in [1.165, 1.54) is 0 Å². The number of hydrogen-bond acceptors (Lipinski definition) is 3. The lowest BCUT2D eigenvalue weighted by Gasteiger charge is -2.14. The zero-order valence-corrected chi connectivity index (χ0v) is 11.5. The molecule has 0 saturated carbocycles. The zero-order valence-electron chi connectivity index (χ0n) is 11.5. The summed E-state index contributed by atoms with van der Waals surface area (Å²) in [6, 6.07) is 16.0. The molecule has 1 atom stereocenters. The van der Waals surface area contributed by atoms with Crippen LogP contribution in [0.3, 0.4) is 0 Å². The number of pyridine rings is 1. The van der Waals surface area contributed by atoms with Crippen LogP contribution in [0.25, 0.3) is 0 Å². The van der Waals surface area contributed by atoms with Crippen LogP contribution in [0.4, 0.5) is 0 Å². The first kappa shape index (κ1) is 13.6. The maximum Gasteiger partial charge on any atom is 0.214 e. The van der Waals surface area contributed by atoms with E-state index in [1.54, 1.807) is 0 Å². The molecule has 1 aromatic heterocycles. The lowest BCUT2D eigenvalue weighted by Crippen LogP contribution is -2.13. The molecule has 100 valence electrons. The minimum atomic E-state index is 0.00286. The topological polar surface area (TPSA) is 34.1 Å². The molecule has 3 nitrogen and oxygen atoms in total. The van der Waals surface area contributed by atoms with Crippen molar-refractivity contribution in [1.29, 1.82) is 0 Å². The Bertz CT molecular complexity index is 499. The van der Waals surface area contributed by atoms with Gasteiger partial charge in [0, 0.05) is 12.6 Å². The van der Waals surface area contributed by atoms with Gasteiger partial charge in [0.05, 0.1) is 5.69 Å². The molecule has 1 aromatic carbocycles. The SMILES string of the molecule is CCNCc1cccc(OC(C)c2ccccc2)n1. The van der Waals surface area contributed by atoms with Crippen LogP contribution in [0.15, 0.2) is 48.5 Å². The summed E-state index contributed by atoms with van der Waals surface area (Å²) in [5.41, 5.74) is 2.15. The van der Waals surface area contributed by atoms with Gasteiger partial charge in [0.2, 0.25) is 5.88 Å². The summed E-state index contributed by atoms with van der Waals surface area (Å²) in [6.07, 6.45) is 0.00286. The lowest BCUT2D eigenvalue weighted by molar-refractivity contribution is 0.217. The van der Waals surface area contributed by atoms with Crippen molar-refractivity contribution in [2.45, 2.75) is 26.5 Å². The fourth-order valence-electron chi connectivity index (χ4n) is 1.85. The highest BCUT2D eigenvalue weighted by atomic mass is 16.5. The van der Waals surface area contributed by atoms with E-state index in [4.69, 9.17) is 4.74 Å². The Morgan fingerprint density at radius 3 is 2.63 bits per heavy atom. The van der Waals surface area contributed by atoms with Gasteiger partial charge in [-0.25, -0.2) is 4.98 Å². The molecule has 0 aliphatic carbocycles. The van der Waals surface area contributed by atoms with Crippen LogP contribution in [-0.4, -0.2) is 11.5 Å². The van der Waals surface area contributed by atoms with Crippen molar-refractivity contribution in [3.05, 3.63) is 59.8 Å². The monoisotopic (exact) mass is 256 g/mol. The van der Waals surface area contributed by atoms with Crippen molar-refractivity contribution in [3.63, 3.8) is 0 Å². The Morgan fingerprint density at radius 2 is 1.89 bits per heavy atom. The van der Waals surface area contributed by atoms with E-state index in [1.807, 2.05) is 43.3 Å². The van der Waals surface area contributed by atoms with Crippen molar-refractivity contribution in [2.75, 3.05) is 6.54 Å². The Morgan fingerprint density at radius 1 is 1.11 bits per heavy atom. The number of rotatable bonds is 6. The number of benzene rings is 1. The second-order valence-corrected chi connectivity index (χ2v) is 4.42. The third-order valence-corrected chi connectivity index (χ3v) is 2.90. The molecule has 0 radical (unpaired) electrons. The summed E-state index contributed by atoms with van der Waals surface area (Å²) >= 11 is 0. The minimum Gasteiger partial charge on any atom is -0.470 e. The molecule has 0 aliphatic rings. The van der Waals surface area contributed by atoms with Crippen LogP contribution in [0, 0.1) is 0 Å². The molecule has 19 heavy (non-hydrogen) atoms. The Hall–Kier alpha value is -1.87. The molecule has 1 heterocycles. The van der Waals surface area contributed by atoms with Crippen LogP contribution in [0.2, 0.25) is 0 Å². The van der Waals surface area contributed by atoms with Gasteiger partial charge in [-0.05, 0) is 25.1 Å². The Kier molecular flexibility index (Phi) is 4.93. The first-order chi connectivity index (χ1) is 9.29.